The van der Waals surface area contributed by atoms with Gasteiger partial charge in [-0.15, -0.1) is 0 Å². The first-order valence-corrected chi connectivity index (χ1v) is 7.57. The van der Waals surface area contributed by atoms with Crippen molar-refractivity contribution in [3.63, 3.8) is 0 Å². The molecule has 1 saturated carbocycles. The van der Waals surface area contributed by atoms with Gasteiger partial charge in [-0.25, -0.2) is 0 Å². The molecule has 23 heavy (non-hydrogen) atoms. The standard InChI is InChI=1S/C17H18N4O2/c22-16(20-10-12-3-6-18-7-4-12)14-8-15(14)17(23)21-11-13-2-1-5-19-9-13/h1-7,9,14-15H,8,10-11H2,(H,20,22)(H,21,23). The van der Waals surface area contributed by atoms with Crippen molar-refractivity contribution < 1.29 is 9.59 Å². The number of hydrogen-bond donors (Lipinski definition) is 2. The Morgan fingerprint density at radius 2 is 1.57 bits per heavy atom. The molecule has 2 amide bonds. The van der Waals surface area contributed by atoms with Crippen LogP contribution in [0.4, 0.5) is 0 Å². The summed E-state index contributed by atoms with van der Waals surface area (Å²) in [7, 11) is 0. The van der Waals surface area contributed by atoms with E-state index < -0.39 is 0 Å². The van der Waals surface area contributed by atoms with Gasteiger partial charge in [0.25, 0.3) is 0 Å². The van der Waals surface area contributed by atoms with Crippen molar-refractivity contribution in [3.8, 4) is 0 Å². The largest absolute Gasteiger partial charge is 0.352 e. The van der Waals surface area contributed by atoms with Crippen LogP contribution in [0.5, 0.6) is 0 Å². The van der Waals surface area contributed by atoms with Gasteiger partial charge in [-0.3, -0.25) is 19.6 Å². The molecule has 2 atom stereocenters. The molecule has 118 valence electrons. The second-order valence-electron chi connectivity index (χ2n) is 5.60. The molecule has 0 aromatic carbocycles. The molecule has 0 spiro atoms. The number of carbonyl (C=O) groups excluding carboxylic acids is 2. The van der Waals surface area contributed by atoms with Crippen LogP contribution in [0.3, 0.4) is 0 Å². The first-order chi connectivity index (χ1) is 11.2. The molecule has 0 radical (unpaired) electrons. The average Bonchev–Trinajstić information content (AvgIpc) is 3.40. The zero-order valence-corrected chi connectivity index (χ0v) is 12.6. The van der Waals surface area contributed by atoms with Crippen LogP contribution in [-0.2, 0) is 22.7 Å². The maximum absolute atomic E-state index is 12.1. The molecular weight excluding hydrogens is 292 g/mol. The molecule has 0 saturated heterocycles. The summed E-state index contributed by atoms with van der Waals surface area (Å²) in [6, 6.07) is 7.43. The van der Waals surface area contributed by atoms with E-state index in [4.69, 9.17) is 0 Å². The van der Waals surface area contributed by atoms with Gasteiger partial charge in [0, 0.05) is 37.9 Å². The number of hydrogen-bond acceptors (Lipinski definition) is 4. The molecule has 6 heteroatoms. The van der Waals surface area contributed by atoms with Gasteiger partial charge < -0.3 is 10.6 Å². The van der Waals surface area contributed by atoms with Crippen LogP contribution in [0.1, 0.15) is 17.5 Å². The monoisotopic (exact) mass is 310 g/mol. The van der Waals surface area contributed by atoms with Gasteiger partial charge in [-0.1, -0.05) is 6.07 Å². The predicted molar refractivity (Wildman–Crippen MR) is 83.8 cm³/mol. The summed E-state index contributed by atoms with van der Waals surface area (Å²) in [4.78, 5) is 32.0. The maximum Gasteiger partial charge on any atom is 0.224 e. The van der Waals surface area contributed by atoms with Crippen molar-refractivity contribution >= 4 is 11.8 Å². The van der Waals surface area contributed by atoms with Crippen LogP contribution in [-0.4, -0.2) is 21.8 Å². The van der Waals surface area contributed by atoms with E-state index in [1.54, 1.807) is 24.8 Å². The van der Waals surface area contributed by atoms with Crippen LogP contribution in [0.15, 0.2) is 49.1 Å². The lowest BCUT2D eigenvalue weighted by Gasteiger charge is -2.06. The molecule has 2 aromatic heterocycles. The Hall–Kier alpha value is -2.76. The third kappa shape index (κ3) is 4.12. The van der Waals surface area contributed by atoms with Crippen molar-refractivity contribution in [3.05, 3.63) is 60.2 Å². The zero-order valence-electron chi connectivity index (χ0n) is 12.6. The summed E-state index contributed by atoms with van der Waals surface area (Å²) < 4.78 is 0. The topological polar surface area (TPSA) is 84.0 Å². The molecule has 2 heterocycles. The molecular formula is C17H18N4O2. The minimum Gasteiger partial charge on any atom is -0.352 e. The van der Waals surface area contributed by atoms with Crippen LogP contribution < -0.4 is 10.6 Å². The first-order valence-electron chi connectivity index (χ1n) is 7.57. The van der Waals surface area contributed by atoms with E-state index in [2.05, 4.69) is 20.6 Å². The molecule has 3 rings (SSSR count). The van der Waals surface area contributed by atoms with E-state index in [1.807, 2.05) is 24.3 Å². The Morgan fingerprint density at radius 3 is 2.17 bits per heavy atom. The number of nitrogens with one attached hydrogen (secondary N) is 2. The van der Waals surface area contributed by atoms with Crippen molar-refractivity contribution in [1.82, 2.24) is 20.6 Å². The number of aromatic nitrogens is 2. The lowest BCUT2D eigenvalue weighted by molar-refractivity contribution is -0.127. The second-order valence-corrected chi connectivity index (χ2v) is 5.60. The van der Waals surface area contributed by atoms with E-state index in [0.29, 0.717) is 19.5 Å². The molecule has 1 aliphatic rings. The van der Waals surface area contributed by atoms with Gasteiger partial charge in [0.1, 0.15) is 0 Å². The fourth-order valence-corrected chi connectivity index (χ4v) is 2.42. The molecule has 1 aliphatic carbocycles. The smallest absolute Gasteiger partial charge is 0.224 e. The van der Waals surface area contributed by atoms with Gasteiger partial charge in [0.2, 0.25) is 11.8 Å². The summed E-state index contributed by atoms with van der Waals surface area (Å²) >= 11 is 0. The molecule has 2 unspecified atom stereocenters. The maximum atomic E-state index is 12.1. The normalized spacial score (nSPS) is 19.0. The van der Waals surface area contributed by atoms with E-state index in [9.17, 15) is 9.59 Å². The lowest BCUT2D eigenvalue weighted by Crippen LogP contribution is -2.29. The summed E-state index contributed by atoms with van der Waals surface area (Å²) in [6.45, 7) is 0.899. The minimum atomic E-state index is -0.218. The Balaban J connectivity index is 1.41. The van der Waals surface area contributed by atoms with Crippen molar-refractivity contribution in [1.29, 1.82) is 0 Å². The van der Waals surface area contributed by atoms with E-state index in [-0.39, 0.29) is 23.7 Å². The van der Waals surface area contributed by atoms with Crippen molar-refractivity contribution in [2.75, 3.05) is 0 Å². The van der Waals surface area contributed by atoms with Crippen LogP contribution in [0.25, 0.3) is 0 Å². The fourth-order valence-electron chi connectivity index (χ4n) is 2.42. The highest BCUT2D eigenvalue weighted by Gasteiger charge is 2.47. The zero-order chi connectivity index (χ0) is 16.1. The van der Waals surface area contributed by atoms with Gasteiger partial charge >= 0.3 is 0 Å². The summed E-state index contributed by atoms with van der Waals surface area (Å²) in [5.74, 6) is -0.573. The SMILES string of the molecule is O=C(NCc1ccncc1)C1CC1C(=O)NCc1cccnc1. The number of nitrogens with zero attached hydrogens (tertiary/aromatic N) is 2. The Labute approximate surface area is 134 Å². The van der Waals surface area contributed by atoms with E-state index in [1.165, 1.54) is 0 Å². The first kappa shape index (κ1) is 15.1. The minimum absolute atomic E-state index is 0.0664. The van der Waals surface area contributed by atoms with Crippen LogP contribution in [0, 0.1) is 11.8 Å². The third-order valence-corrected chi connectivity index (χ3v) is 3.87. The summed E-state index contributed by atoms with van der Waals surface area (Å²) in [5, 5.41) is 5.72. The summed E-state index contributed by atoms with van der Waals surface area (Å²) in [5.41, 5.74) is 1.94. The Kier molecular flexibility index (Phi) is 4.61. The molecule has 0 bridgehead atoms. The molecule has 2 aromatic rings. The molecule has 1 fully saturated rings. The Bertz CT molecular complexity index is 616. The van der Waals surface area contributed by atoms with Crippen molar-refractivity contribution in [2.45, 2.75) is 19.5 Å². The lowest BCUT2D eigenvalue weighted by atomic mass is 10.2. The predicted octanol–water partition coefficient (Wildman–Crippen LogP) is 1.05. The fraction of sp³-hybridized carbons (Fsp3) is 0.294. The highest BCUT2D eigenvalue weighted by Crippen LogP contribution is 2.38. The van der Waals surface area contributed by atoms with Crippen molar-refractivity contribution in [2.24, 2.45) is 11.8 Å². The number of rotatable bonds is 6. The van der Waals surface area contributed by atoms with Gasteiger partial charge in [0.15, 0.2) is 0 Å². The van der Waals surface area contributed by atoms with Gasteiger partial charge in [-0.05, 0) is 35.7 Å². The molecule has 2 N–H and O–H groups in total. The van der Waals surface area contributed by atoms with E-state index >= 15 is 0 Å². The van der Waals surface area contributed by atoms with E-state index in [0.717, 1.165) is 11.1 Å². The highest BCUT2D eigenvalue weighted by molar-refractivity contribution is 5.92. The quantitative estimate of drug-likeness (QED) is 0.835. The highest BCUT2D eigenvalue weighted by atomic mass is 16.2. The van der Waals surface area contributed by atoms with Gasteiger partial charge in [0.05, 0.1) is 11.8 Å². The molecule has 6 nitrogen and oxygen atoms in total. The third-order valence-electron chi connectivity index (χ3n) is 3.87. The second kappa shape index (κ2) is 7.00. The number of amides is 2. The van der Waals surface area contributed by atoms with Crippen LogP contribution >= 0.6 is 0 Å². The number of carbonyl (C=O) groups is 2. The average molecular weight is 310 g/mol. The van der Waals surface area contributed by atoms with Gasteiger partial charge in [-0.2, -0.15) is 0 Å². The van der Waals surface area contributed by atoms with Crippen LogP contribution in [0.2, 0.25) is 0 Å². The number of pyridine rings is 2. The molecule has 0 aliphatic heterocycles. The summed E-state index contributed by atoms with van der Waals surface area (Å²) in [6.07, 6.45) is 7.39. The Morgan fingerprint density at radius 1 is 0.913 bits per heavy atom.